The number of hydrogen-bond acceptors (Lipinski definition) is 4. The molecule has 0 spiro atoms. The second-order valence-electron chi connectivity index (χ2n) is 9.59. The molecule has 1 amide bonds. The van der Waals surface area contributed by atoms with Crippen molar-refractivity contribution in [2.45, 2.75) is 43.9 Å². The topological polar surface area (TPSA) is 60.9 Å². The number of likely N-dealkylation sites (tertiary alicyclic amines) is 1. The Morgan fingerprint density at radius 2 is 1.50 bits per heavy atom. The molecule has 184 valence electrons. The van der Waals surface area contributed by atoms with Gasteiger partial charge in [0.1, 0.15) is 0 Å². The summed E-state index contributed by atoms with van der Waals surface area (Å²) in [6.45, 7) is 6.15. The van der Waals surface area contributed by atoms with E-state index in [-0.39, 0.29) is 5.91 Å². The molecule has 7 heteroatoms. The summed E-state index contributed by atoms with van der Waals surface area (Å²) in [4.78, 5) is 17.3. The molecule has 0 aliphatic carbocycles. The van der Waals surface area contributed by atoms with E-state index in [4.69, 9.17) is 0 Å². The van der Waals surface area contributed by atoms with Crippen LogP contribution in [0.2, 0.25) is 0 Å². The van der Waals surface area contributed by atoms with Gasteiger partial charge in [-0.2, -0.15) is 4.31 Å². The molecule has 2 aromatic carbocycles. The number of piperazine rings is 1. The molecule has 4 rings (SSSR count). The molecule has 0 N–H and O–H groups in total. The second kappa shape index (κ2) is 11.5. The van der Waals surface area contributed by atoms with Crippen LogP contribution >= 0.6 is 0 Å². The number of rotatable bonds is 8. The third kappa shape index (κ3) is 6.26. The number of aryl methyl sites for hydroxylation is 1. The van der Waals surface area contributed by atoms with Crippen molar-refractivity contribution in [1.82, 2.24) is 14.1 Å². The minimum atomic E-state index is -3.49. The number of piperidine rings is 1. The lowest BCUT2D eigenvalue weighted by Gasteiger charge is -2.36. The van der Waals surface area contributed by atoms with Crippen LogP contribution in [-0.2, 0) is 27.7 Å². The lowest BCUT2D eigenvalue weighted by molar-refractivity contribution is -0.134. The normalized spacial score (nSPS) is 18.8. The van der Waals surface area contributed by atoms with E-state index in [1.165, 1.54) is 5.56 Å². The number of sulfonamides is 1. The van der Waals surface area contributed by atoms with E-state index in [1.54, 1.807) is 16.4 Å². The average Bonchev–Trinajstić information content (AvgIpc) is 2.86. The van der Waals surface area contributed by atoms with E-state index in [0.717, 1.165) is 50.8 Å². The number of benzene rings is 2. The highest BCUT2D eigenvalue weighted by Gasteiger charge is 2.30. The largest absolute Gasteiger partial charge is 0.342 e. The first-order chi connectivity index (χ1) is 16.5. The second-order valence-corrected chi connectivity index (χ2v) is 11.5. The summed E-state index contributed by atoms with van der Waals surface area (Å²) in [5.41, 5.74) is 2.53. The number of nitrogens with zero attached hydrogens (tertiary/aromatic N) is 3. The zero-order chi connectivity index (χ0) is 24.0. The lowest BCUT2D eigenvalue weighted by Crippen LogP contribution is -2.52. The quantitative estimate of drug-likeness (QED) is 0.577. The molecule has 2 saturated heterocycles. The molecule has 2 aromatic rings. The molecule has 0 unspecified atom stereocenters. The molecule has 2 fully saturated rings. The Labute approximate surface area is 204 Å². The summed E-state index contributed by atoms with van der Waals surface area (Å²) >= 11 is 0. The average molecular weight is 484 g/mol. The maximum atomic E-state index is 13.0. The Bertz CT molecular complexity index is 1020. The predicted octanol–water partition coefficient (Wildman–Crippen LogP) is 3.43. The minimum absolute atomic E-state index is 0.168. The van der Waals surface area contributed by atoms with Crippen molar-refractivity contribution in [1.29, 1.82) is 0 Å². The standard InChI is InChI=1S/C27H37N3O3S/c1-2-6-23-9-11-26(12-10-23)34(32,33)30-19-17-28(18-20-30)22-27(31)29-15-13-25(14-16-29)21-24-7-4-3-5-8-24/h3-5,7-12,25H,2,6,13-22H2,1H3. The maximum Gasteiger partial charge on any atom is 0.243 e. The number of hydrogen-bond donors (Lipinski definition) is 0. The monoisotopic (exact) mass is 483 g/mol. The number of carbonyl (C=O) groups excluding carboxylic acids is 1. The number of amides is 1. The highest BCUT2D eigenvalue weighted by Crippen LogP contribution is 2.22. The van der Waals surface area contributed by atoms with Crippen LogP contribution < -0.4 is 0 Å². The first-order valence-electron chi connectivity index (χ1n) is 12.6. The van der Waals surface area contributed by atoms with Crippen LogP contribution in [0.1, 0.15) is 37.3 Å². The molecule has 0 atom stereocenters. The van der Waals surface area contributed by atoms with Crippen LogP contribution in [0.3, 0.4) is 0 Å². The molecule has 0 radical (unpaired) electrons. The minimum Gasteiger partial charge on any atom is -0.342 e. The van der Waals surface area contributed by atoms with Crippen LogP contribution in [0.4, 0.5) is 0 Å². The van der Waals surface area contributed by atoms with Crippen molar-refractivity contribution in [2.24, 2.45) is 5.92 Å². The molecular weight excluding hydrogens is 446 g/mol. The van der Waals surface area contributed by atoms with Crippen molar-refractivity contribution in [3.8, 4) is 0 Å². The van der Waals surface area contributed by atoms with E-state index in [2.05, 4.69) is 36.1 Å². The van der Waals surface area contributed by atoms with Gasteiger partial charge < -0.3 is 4.90 Å². The fourth-order valence-corrected chi connectivity index (χ4v) is 6.44. The zero-order valence-corrected chi connectivity index (χ0v) is 21.0. The van der Waals surface area contributed by atoms with Crippen molar-refractivity contribution >= 4 is 15.9 Å². The zero-order valence-electron chi connectivity index (χ0n) is 20.2. The van der Waals surface area contributed by atoms with Gasteiger partial charge in [0, 0.05) is 39.3 Å². The van der Waals surface area contributed by atoms with Gasteiger partial charge in [-0.05, 0) is 54.9 Å². The fourth-order valence-electron chi connectivity index (χ4n) is 5.02. The Kier molecular flexibility index (Phi) is 8.40. The summed E-state index contributed by atoms with van der Waals surface area (Å²) < 4.78 is 27.6. The fraction of sp³-hybridized carbons (Fsp3) is 0.519. The van der Waals surface area contributed by atoms with Crippen LogP contribution in [-0.4, -0.2) is 74.2 Å². The van der Waals surface area contributed by atoms with Gasteiger partial charge in [0.2, 0.25) is 15.9 Å². The Morgan fingerprint density at radius 3 is 2.12 bits per heavy atom. The van der Waals surface area contributed by atoms with E-state index >= 15 is 0 Å². The lowest BCUT2D eigenvalue weighted by atomic mass is 9.90. The molecule has 34 heavy (non-hydrogen) atoms. The van der Waals surface area contributed by atoms with Crippen molar-refractivity contribution < 1.29 is 13.2 Å². The van der Waals surface area contributed by atoms with Crippen molar-refractivity contribution in [3.63, 3.8) is 0 Å². The first-order valence-corrected chi connectivity index (χ1v) is 14.0. The van der Waals surface area contributed by atoms with Gasteiger partial charge in [0.25, 0.3) is 0 Å². The van der Waals surface area contributed by atoms with Gasteiger partial charge in [0.05, 0.1) is 11.4 Å². The Balaban J connectivity index is 1.22. The van der Waals surface area contributed by atoms with Crippen LogP contribution in [0.5, 0.6) is 0 Å². The SMILES string of the molecule is CCCc1ccc(S(=O)(=O)N2CCN(CC(=O)N3CCC(Cc4ccccc4)CC3)CC2)cc1. The molecule has 0 aromatic heterocycles. The van der Waals surface area contributed by atoms with Gasteiger partial charge in [-0.1, -0.05) is 55.8 Å². The van der Waals surface area contributed by atoms with Gasteiger partial charge in [-0.25, -0.2) is 8.42 Å². The Hall–Kier alpha value is -2.22. The maximum absolute atomic E-state index is 13.0. The molecular formula is C27H37N3O3S. The van der Waals surface area contributed by atoms with Gasteiger partial charge in [-0.15, -0.1) is 0 Å². The van der Waals surface area contributed by atoms with E-state index < -0.39 is 10.0 Å². The summed E-state index contributed by atoms with van der Waals surface area (Å²) in [5.74, 6) is 0.803. The Morgan fingerprint density at radius 1 is 0.853 bits per heavy atom. The van der Waals surface area contributed by atoms with E-state index in [1.807, 2.05) is 23.1 Å². The molecule has 6 nitrogen and oxygen atoms in total. The summed E-state index contributed by atoms with van der Waals surface area (Å²) in [7, 11) is -3.49. The highest BCUT2D eigenvalue weighted by atomic mass is 32.2. The molecule has 0 saturated carbocycles. The molecule has 2 heterocycles. The van der Waals surface area contributed by atoms with Crippen LogP contribution in [0, 0.1) is 5.92 Å². The number of carbonyl (C=O) groups is 1. The van der Waals surface area contributed by atoms with E-state index in [0.29, 0.717) is 43.5 Å². The summed E-state index contributed by atoms with van der Waals surface area (Å²) in [5, 5.41) is 0. The van der Waals surface area contributed by atoms with Gasteiger partial charge in [0.15, 0.2) is 0 Å². The summed E-state index contributed by atoms with van der Waals surface area (Å²) in [6.07, 6.45) is 5.17. The summed E-state index contributed by atoms with van der Waals surface area (Å²) in [6, 6.07) is 17.8. The highest BCUT2D eigenvalue weighted by molar-refractivity contribution is 7.89. The van der Waals surface area contributed by atoms with Crippen LogP contribution in [0.15, 0.2) is 59.5 Å². The first kappa shape index (κ1) is 24.9. The third-order valence-electron chi connectivity index (χ3n) is 7.12. The molecule has 0 bridgehead atoms. The van der Waals surface area contributed by atoms with Gasteiger partial charge >= 0.3 is 0 Å². The van der Waals surface area contributed by atoms with Gasteiger partial charge in [-0.3, -0.25) is 9.69 Å². The van der Waals surface area contributed by atoms with E-state index in [9.17, 15) is 13.2 Å². The molecule has 2 aliphatic heterocycles. The predicted molar refractivity (Wildman–Crippen MR) is 135 cm³/mol. The van der Waals surface area contributed by atoms with Crippen molar-refractivity contribution in [3.05, 3.63) is 65.7 Å². The van der Waals surface area contributed by atoms with Crippen LogP contribution in [0.25, 0.3) is 0 Å². The van der Waals surface area contributed by atoms with Crippen molar-refractivity contribution in [2.75, 3.05) is 45.8 Å². The molecule has 2 aliphatic rings. The third-order valence-corrected chi connectivity index (χ3v) is 9.04. The smallest absolute Gasteiger partial charge is 0.243 e.